The van der Waals surface area contributed by atoms with Crippen LogP contribution in [0.15, 0.2) is 47.4 Å². The monoisotopic (exact) mass is 486 g/mol. The summed E-state index contributed by atoms with van der Waals surface area (Å²) in [6.07, 6.45) is 0. The Kier molecular flexibility index (Phi) is 6.85. The Morgan fingerprint density at radius 3 is 2.26 bits per heavy atom. The molecule has 180 valence electrons. The summed E-state index contributed by atoms with van der Waals surface area (Å²) in [4.78, 5) is 23.7. The quantitative estimate of drug-likeness (QED) is 0.465. The molecule has 0 saturated carbocycles. The molecule has 0 amide bonds. The molecule has 1 aromatic heterocycles. The highest BCUT2D eigenvalue weighted by Crippen LogP contribution is 2.32. The molecule has 2 heterocycles. The molecule has 10 nitrogen and oxygen atoms in total. The standard InChI is InChI=1S/C23H26N4O6S/c1-4-33-23(28)21-22(25-18-8-6-5-7-17(18)24-21)26-11-13-27(14-12-26)34(29,30)20-15-16(31-2)9-10-19(20)32-3/h5-10,15H,4,11-14H2,1-3H3. The Hall–Kier alpha value is -3.44. The van der Waals surface area contributed by atoms with Crippen LogP contribution < -0.4 is 14.4 Å². The van der Waals surface area contributed by atoms with Crippen LogP contribution in [-0.2, 0) is 14.8 Å². The van der Waals surface area contributed by atoms with Crippen LogP contribution >= 0.6 is 0 Å². The van der Waals surface area contributed by atoms with Gasteiger partial charge in [-0.15, -0.1) is 0 Å². The van der Waals surface area contributed by atoms with Gasteiger partial charge in [0.05, 0.1) is 31.9 Å². The van der Waals surface area contributed by atoms with Gasteiger partial charge in [-0.2, -0.15) is 4.31 Å². The van der Waals surface area contributed by atoms with E-state index in [2.05, 4.69) is 9.97 Å². The summed E-state index contributed by atoms with van der Waals surface area (Å²) in [6.45, 7) is 2.97. The molecule has 34 heavy (non-hydrogen) atoms. The zero-order valence-corrected chi connectivity index (χ0v) is 20.0. The molecule has 4 rings (SSSR count). The lowest BCUT2D eigenvalue weighted by atomic mass is 10.2. The van der Waals surface area contributed by atoms with Gasteiger partial charge in [-0.05, 0) is 31.2 Å². The van der Waals surface area contributed by atoms with E-state index < -0.39 is 16.0 Å². The zero-order chi connectivity index (χ0) is 24.3. The lowest BCUT2D eigenvalue weighted by Gasteiger charge is -2.35. The summed E-state index contributed by atoms with van der Waals surface area (Å²) in [7, 11) is -0.939. The minimum atomic E-state index is -3.84. The van der Waals surface area contributed by atoms with Gasteiger partial charge in [-0.25, -0.2) is 23.2 Å². The van der Waals surface area contributed by atoms with Crippen LogP contribution in [0.5, 0.6) is 11.5 Å². The second kappa shape index (κ2) is 9.82. The van der Waals surface area contributed by atoms with Crippen LogP contribution in [0.2, 0.25) is 0 Å². The summed E-state index contributed by atoms with van der Waals surface area (Å²) in [5, 5.41) is 0. The summed E-state index contributed by atoms with van der Waals surface area (Å²) in [5.74, 6) is 0.483. The molecular weight excluding hydrogens is 460 g/mol. The number of hydrogen-bond donors (Lipinski definition) is 0. The lowest BCUT2D eigenvalue weighted by Crippen LogP contribution is -2.49. The summed E-state index contributed by atoms with van der Waals surface area (Å²) < 4.78 is 43.8. The van der Waals surface area contributed by atoms with Crippen LogP contribution in [0, 0.1) is 0 Å². The predicted octanol–water partition coefficient (Wildman–Crippen LogP) is 2.33. The van der Waals surface area contributed by atoms with Gasteiger partial charge in [0.1, 0.15) is 16.4 Å². The molecule has 0 atom stereocenters. The van der Waals surface area contributed by atoms with Crippen molar-refractivity contribution in [3.8, 4) is 11.5 Å². The number of rotatable bonds is 7. The molecule has 11 heteroatoms. The Morgan fingerprint density at radius 1 is 0.971 bits per heavy atom. The van der Waals surface area contributed by atoms with E-state index in [1.54, 1.807) is 25.1 Å². The number of nitrogens with zero attached hydrogens (tertiary/aromatic N) is 4. The second-order valence-electron chi connectivity index (χ2n) is 7.51. The van der Waals surface area contributed by atoms with Gasteiger partial charge in [-0.3, -0.25) is 0 Å². The van der Waals surface area contributed by atoms with E-state index in [-0.39, 0.29) is 36.0 Å². The molecule has 1 saturated heterocycles. The molecule has 3 aromatic rings. The predicted molar refractivity (Wildman–Crippen MR) is 126 cm³/mol. The first-order valence-electron chi connectivity index (χ1n) is 10.8. The smallest absolute Gasteiger partial charge is 0.360 e. The van der Waals surface area contributed by atoms with Crippen LogP contribution in [0.3, 0.4) is 0 Å². The largest absolute Gasteiger partial charge is 0.497 e. The third kappa shape index (κ3) is 4.48. The number of piperazine rings is 1. The van der Waals surface area contributed by atoms with E-state index in [1.165, 1.54) is 24.6 Å². The number of esters is 1. The molecule has 0 N–H and O–H groups in total. The summed E-state index contributed by atoms with van der Waals surface area (Å²) in [5.41, 5.74) is 1.34. The van der Waals surface area contributed by atoms with E-state index in [1.807, 2.05) is 23.1 Å². The number of sulfonamides is 1. The third-order valence-electron chi connectivity index (χ3n) is 5.55. The topological polar surface area (TPSA) is 111 Å². The number of fused-ring (bicyclic) bond motifs is 1. The maximum absolute atomic E-state index is 13.4. The molecular formula is C23H26N4O6S. The van der Waals surface area contributed by atoms with Gasteiger partial charge in [0.15, 0.2) is 11.5 Å². The van der Waals surface area contributed by atoms with Gasteiger partial charge >= 0.3 is 5.97 Å². The van der Waals surface area contributed by atoms with Crippen molar-refractivity contribution in [3.63, 3.8) is 0 Å². The minimum absolute atomic E-state index is 0.0421. The lowest BCUT2D eigenvalue weighted by molar-refractivity contribution is 0.0520. The average molecular weight is 487 g/mol. The zero-order valence-electron chi connectivity index (χ0n) is 19.2. The van der Waals surface area contributed by atoms with Crippen molar-refractivity contribution in [2.24, 2.45) is 0 Å². The number of anilines is 1. The van der Waals surface area contributed by atoms with E-state index >= 15 is 0 Å². The Balaban J connectivity index is 1.62. The normalized spacial score (nSPS) is 14.7. The number of aromatic nitrogens is 2. The molecule has 1 aliphatic heterocycles. The maximum atomic E-state index is 13.4. The highest BCUT2D eigenvalue weighted by Gasteiger charge is 2.33. The van der Waals surface area contributed by atoms with Crippen molar-refractivity contribution < 1.29 is 27.4 Å². The van der Waals surface area contributed by atoms with E-state index in [0.717, 1.165) is 0 Å². The summed E-state index contributed by atoms with van der Waals surface area (Å²) >= 11 is 0. The van der Waals surface area contributed by atoms with Crippen LogP contribution in [0.4, 0.5) is 5.82 Å². The van der Waals surface area contributed by atoms with Crippen LogP contribution in [0.25, 0.3) is 11.0 Å². The van der Waals surface area contributed by atoms with Gasteiger partial charge in [-0.1, -0.05) is 12.1 Å². The number of ether oxygens (including phenoxy) is 3. The number of carbonyl (C=O) groups excluding carboxylic acids is 1. The Labute approximate surface area is 198 Å². The average Bonchev–Trinajstić information content (AvgIpc) is 2.87. The Bertz CT molecular complexity index is 1310. The Morgan fingerprint density at radius 2 is 1.65 bits per heavy atom. The molecule has 2 aromatic carbocycles. The maximum Gasteiger partial charge on any atom is 0.360 e. The van der Waals surface area contributed by atoms with Crippen molar-refractivity contribution >= 4 is 32.8 Å². The van der Waals surface area contributed by atoms with Crippen molar-refractivity contribution in [1.29, 1.82) is 0 Å². The first-order valence-corrected chi connectivity index (χ1v) is 12.2. The molecule has 0 unspecified atom stereocenters. The summed E-state index contributed by atoms with van der Waals surface area (Å²) in [6, 6.07) is 11.9. The van der Waals surface area contributed by atoms with Gasteiger partial charge in [0, 0.05) is 32.2 Å². The molecule has 0 radical (unpaired) electrons. The fourth-order valence-corrected chi connectivity index (χ4v) is 5.41. The number of benzene rings is 2. The highest BCUT2D eigenvalue weighted by atomic mass is 32.2. The number of hydrogen-bond acceptors (Lipinski definition) is 9. The molecule has 1 aliphatic rings. The SMILES string of the molecule is CCOC(=O)c1nc2ccccc2nc1N1CCN(S(=O)(=O)c2cc(OC)ccc2OC)CC1. The number of carbonyl (C=O) groups is 1. The van der Waals surface area contributed by atoms with Gasteiger partial charge in [0.2, 0.25) is 10.0 Å². The van der Waals surface area contributed by atoms with Crippen molar-refractivity contribution in [3.05, 3.63) is 48.2 Å². The first-order chi connectivity index (χ1) is 16.4. The van der Waals surface area contributed by atoms with Gasteiger partial charge < -0.3 is 19.1 Å². The number of para-hydroxylation sites is 2. The third-order valence-corrected chi connectivity index (χ3v) is 7.47. The highest BCUT2D eigenvalue weighted by molar-refractivity contribution is 7.89. The fourth-order valence-electron chi connectivity index (χ4n) is 3.81. The fraction of sp³-hybridized carbons (Fsp3) is 0.348. The van der Waals surface area contributed by atoms with Crippen molar-refractivity contribution in [2.45, 2.75) is 11.8 Å². The molecule has 0 aliphatic carbocycles. The van der Waals surface area contributed by atoms with Crippen molar-refractivity contribution in [2.75, 3.05) is 51.9 Å². The minimum Gasteiger partial charge on any atom is -0.497 e. The van der Waals surface area contributed by atoms with E-state index in [4.69, 9.17) is 14.2 Å². The first kappa shape index (κ1) is 23.7. The molecule has 1 fully saturated rings. The van der Waals surface area contributed by atoms with E-state index in [9.17, 15) is 13.2 Å². The number of methoxy groups -OCH3 is 2. The second-order valence-corrected chi connectivity index (χ2v) is 9.42. The van der Waals surface area contributed by atoms with Crippen LogP contribution in [-0.4, -0.2) is 75.7 Å². The molecule has 0 bridgehead atoms. The van der Waals surface area contributed by atoms with Crippen LogP contribution in [0.1, 0.15) is 17.4 Å². The van der Waals surface area contributed by atoms with Gasteiger partial charge in [0.25, 0.3) is 0 Å². The van der Waals surface area contributed by atoms with E-state index in [0.29, 0.717) is 35.7 Å². The van der Waals surface area contributed by atoms with Crippen molar-refractivity contribution in [1.82, 2.24) is 14.3 Å². The molecule has 0 spiro atoms.